The zero-order valence-corrected chi connectivity index (χ0v) is 19.8. The molecule has 0 saturated carbocycles. The lowest BCUT2D eigenvalue weighted by atomic mass is 9.82. The number of anilines is 1. The average Bonchev–Trinajstić information content (AvgIpc) is 3.40. The summed E-state index contributed by atoms with van der Waals surface area (Å²) in [5.41, 5.74) is -1.94. The number of hydrogen-bond acceptors (Lipinski definition) is 9. The Kier molecular flexibility index (Phi) is 6.94. The molecule has 0 spiro atoms. The second-order valence-corrected chi connectivity index (χ2v) is 8.19. The van der Waals surface area contributed by atoms with Crippen molar-refractivity contribution in [2.24, 2.45) is 7.05 Å². The minimum absolute atomic E-state index is 0.0114. The fourth-order valence-corrected chi connectivity index (χ4v) is 3.98. The molecule has 0 bridgehead atoms. The number of alkyl halides is 3. The Balaban J connectivity index is 1.86. The molecule has 0 aliphatic heterocycles. The molecule has 194 valence electrons. The monoisotopic (exact) mass is 525 g/mol. The molecule has 3 aromatic heterocycles. The molecular formula is C24H18F3N7O4. The molecule has 4 aromatic rings. The van der Waals surface area contributed by atoms with Crippen LogP contribution in [0.5, 0.6) is 5.75 Å². The first kappa shape index (κ1) is 26.0. The highest BCUT2D eigenvalue weighted by Gasteiger charge is 2.35. The zero-order chi connectivity index (χ0) is 27.6. The summed E-state index contributed by atoms with van der Waals surface area (Å²) in [6.07, 6.45) is -0.886. The van der Waals surface area contributed by atoms with Gasteiger partial charge >= 0.3 is 6.18 Å². The molecule has 0 fully saturated rings. The molecule has 2 unspecified atom stereocenters. The van der Waals surface area contributed by atoms with E-state index in [1.165, 1.54) is 19.3 Å². The van der Waals surface area contributed by atoms with Crippen LogP contribution in [0.4, 0.5) is 18.9 Å². The molecule has 0 aliphatic rings. The van der Waals surface area contributed by atoms with Gasteiger partial charge in [-0.25, -0.2) is 9.97 Å². The van der Waals surface area contributed by atoms with E-state index >= 15 is 0 Å². The molecule has 4 rings (SSSR count). The van der Waals surface area contributed by atoms with Crippen molar-refractivity contribution in [3.05, 3.63) is 93.5 Å². The number of hydrogen-bond donors (Lipinski definition) is 2. The van der Waals surface area contributed by atoms with Crippen LogP contribution in [0.25, 0.3) is 0 Å². The maximum Gasteiger partial charge on any atom is 0.434 e. The minimum Gasteiger partial charge on any atom is -0.501 e. The number of carbonyl (C=O) groups excluding carboxylic acids is 1. The van der Waals surface area contributed by atoms with E-state index in [1.54, 1.807) is 25.1 Å². The number of carbonyl (C=O) groups is 1. The van der Waals surface area contributed by atoms with E-state index in [-0.39, 0.29) is 22.8 Å². The third-order valence-electron chi connectivity index (χ3n) is 5.81. The first-order valence-corrected chi connectivity index (χ1v) is 10.9. The fourth-order valence-electron chi connectivity index (χ4n) is 3.98. The topological polar surface area (TPSA) is 160 Å². The van der Waals surface area contributed by atoms with Crippen molar-refractivity contribution in [1.82, 2.24) is 24.7 Å². The summed E-state index contributed by atoms with van der Waals surface area (Å²) in [5.74, 6) is -3.63. The summed E-state index contributed by atoms with van der Waals surface area (Å²) in [7, 11) is 1.31. The summed E-state index contributed by atoms with van der Waals surface area (Å²) in [5, 5.41) is 25.9. The van der Waals surface area contributed by atoms with Gasteiger partial charge in [0.05, 0.1) is 29.7 Å². The summed E-state index contributed by atoms with van der Waals surface area (Å²) in [4.78, 5) is 37.3. The Hall–Kier alpha value is -5.06. The normalized spacial score (nSPS) is 12.9. The van der Waals surface area contributed by atoms with Crippen molar-refractivity contribution in [1.29, 1.82) is 5.26 Å². The van der Waals surface area contributed by atoms with E-state index in [0.29, 0.717) is 11.8 Å². The molecule has 0 saturated heterocycles. The molecule has 0 radical (unpaired) electrons. The van der Waals surface area contributed by atoms with Crippen LogP contribution in [0.3, 0.4) is 0 Å². The lowest BCUT2D eigenvalue weighted by Gasteiger charge is -2.26. The number of nitrogens with zero attached hydrogens (tertiary/aromatic N) is 6. The summed E-state index contributed by atoms with van der Waals surface area (Å²) in [6.45, 7) is 1.60. The van der Waals surface area contributed by atoms with Gasteiger partial charge in [-0.2, -0.15) is 18.4 Å². The Bertz CT molecular complexity index is 1580. The molecule has 11 nitrogen and oxygen atoms in total. The van der Waals surface area contributed by atoms with Crippen molar-refractivity contribution in [2.75, 3.05) is 5.32 Å². The fraction of sp³-hybridized carbons (Fsp3) is 0.208. The highest BCUT2D eigenvalue weighted by molar-refractivity contribution is 6.04. The van der Waals surface area contributed by atoms with Crippen LogP contribution in [0.1, 0.15) is 57.6 Å². The predicted octanol–water partition coefficient (Wildman–Crippen LogP) is 3.34. The standard InChI is InChI=1S/C24H18F3N7O4/c1-12(21-33-19(20(35)23(37)34(21)2)22(36)32-14-8-31-38-11-14)18(15-6-4-3-5-13(15)7-28)16-9-30-17(10-29-16)24(25,26)27/h3-6,8-12,18,35H,1-2H3,(H,32,36). The Labute approximate surface area is 212 Å². The van der Waals surface area contributed by atoms with Crippen molar-refractivity contribution in [3.8, 4) is 11.8 Å². The highest BCUT2D eigenvalue weighted by atomic mass is 19.4. The van der Waals surface area contributed by atoms with Crippen LogP contribution in [-0.2, 0) is 13.2 Å². The maximum atomic E-state index is 13.1. The number of aromatic nitrogens is 5. The van der Waals surface area contributed by atoms with Gasteiger partial charge < -0.3 is 14.9 Å². The van der Waals surface area contributed by atoms with Gasteiger partial charge in [-0.1, -0.05) is 30.3 Å². The largest absolute Gasteiger partial charge is 0.501 e. The molecule has 1 amide bonds. The van der Waals surface area contributed by atoms with E-state index in [4.69, 9.17) is 0 Å². The van der Waals surface area contributed by atoms with E-state index < -0.39 is 46.6 Å². The molecule has 2 N–H and O–H groups in total. The summed E-state index contributed by atoms with van der Waals surface area (Å²) in [6, 6.07) is 8.41. The lowest BCUT2D eigenvalue weighted by Crippen LogP contribution is -2.29. The Morgan fingerprint density at radius 3 is 2.55 bits per heavy atom. The van der Waals surface area contributed by atoms with Crippen LogP contribution in [0.15, 0.2) is 58.4 Å². The van der Waals surface area contributed by atoms with Crippen LogP contribution in [-0.4, -0.2) is 35.7 Å². The van der Waals surface area contributed by atoms with Gasteiger partial charge in [-0.05, 0) is 11.6 Å². The summed E-state index contributed by atoms with van der Waals surface area (Å²) >= 11 is 0. The Morgan fingerprint density at radius 1 is 1.21 bits per heavy atom. The third-order valence-corrected chi connectivity index (χ3v) is 5.81. The third kappa shape index (κ3) is 4.94. The van der Waals surface area contributed by atoms with Gasteiger partial charge in [0.25, 0.3) is 11.5 Å². The molecule has 2 atom stereocenters. The quantitative estimate of drug-likeness (QED) is 0.385. The number of rotatable bonds is 6. The van der Waals surface area contributed by atoms with E-state index in [2.05, 4.69) is 29.9 Å². The first-order chi connectivity index (χ1) is 18.0. The minimum atomic E-state index is -4.72. The number of halogens is 3. The lowest BCUT2D eigenvalue weighted by molar-refractivity contribution is -0.141. The van der Waals surface area contributed by atoms with Gasteiger partial charge in [0.15, 0.2) is 11.4 Å². The van der Waals surface area contributed by atoms with Crippen molar-refractivity contribution >= 4 is 11.6 Å². The van der Waals surface area contributed by atoms with Crippen molar-refractivity contribution in [2.45, 2.75) is 24.9 Å². The SMILES string of the molecule is CC(c1nc(C(=O)Nc2cnoc2)c(O)c(=O)n1C)C(c1cnc(C(F)(F)F)cn1)c1ccccc1C#N. The molecule has 0 aliphatic carbocycles. The van der Waals surface area contributed by atoms with Crippen molar-refractivity contribution < 1.29 is 27.6 Å². The molecular weight excluding hydrogens is 507 g/mol. The number of benzene rings is 1. The van der Waals surface area contributed by atoms with Crippen LogP contribution >= 0.6 is 0 Å². The second kappa shape index (κ2) is 10.1. The number of nitrogens with one attached hydrogen (secondary N) is 1. The van der Waals surface area contributed by atoms with Gasteiger partial charge in [0.2, 0.25) is 5.75 Å². The summed E-state index contributed by atoms with van der Waals surface area (Å²) < 4.78 is 45.0. The second-order valence-electron chi connectivity index (χ2n) is 8.19. The maximum absolute atomic E-state index is 13.1. The van der Waals surface area contributed by atoms with Crippen molar-refractivity contribution in [3.63, 3.8) is 0 Å². The number of amides is 1. The van der Waals surface area contributed by atoms with Gasteiger partial charge in [-0.3, -0.25) is 19.1 Å². The van der Waals surface area contributed by atoms with Crippen LogP contribution < -0.4 is 10.9 Å². The zero-order valence-electron chi connectivity index (χ0n) is 19.8. The van der Waals surface area contributed by atoms with Gasteiger partial charge in [0.1, 0.15) is 17.8 Å². The molecule has 1 aromatic carbocycles. The first-order valence-electron chi connectivity index (χ1n) is 10.9. The van der Waals surface area contributed by atoms with E-state index in [9.17, 15) is 33.1 Å². The Morgan fingerprint density at radius 2 is 1.95 bits per heavy atom. The smallest absolute Gasteiger partial charge is 0.434 e. The molecule has 3 heterocycles. The molecule has 14 heteroatoms. The van der Waals surface area contributed by atoms with Crippen LogP contribution in [0.2, 0.25) is 0 Å². The van der Waals surface area contributed by atoms with Gasteiger partial charge in [-0.15, -0.1) is 0 Å². The number of aromatic hydroxyl groups is 1. The predicted molar refractivity (Wildman–Crippen MR) is 124 cm³/mol. The number of nitriles is 1. The van der Waals surface area contributed by atoms with E-state index in [0.717, 1.165) is 17.0 Å². The van der Waals surface area contributed by atoms with Gasteiger partial charge in [0, 0.05) is 25.1 Å². The highest BCUT2D eigenvalue weighted by Crippen LogP contribution is 2.38. The van der Waals surface area contributed by atoms with Crippen LogP contribution in [0, 0.1) is 11.3 Å². The van der Waals surface area contributed by atoms with E-state index in [1.807, 2.05) is 6.07 Å². The average molecular weight is 525 g/mol. The molecule has 38 heavy (non-hydrogen) atoms.